The molecule has 1 N–H and O–H groups in total. The third kappa shape index (κ3) is 7.77. The number of carbonyl (C=O) groups excluding carboxylic acids is 2. The lowest BCUT2D eigenvalue weighted by Crippen LogP contribution is -2.40. The molecule has 1 aliphatic carbocycles. The fraction of sp³-hybridized carbons (Fsp3) is 0.500. The Labute approximate surface area is 208 Å². The van der Waals surface area contributed by atoms with Crippen LogP contribution in [0.5, 0.6) is 11.5 Å². The van der Waals surface area contributed by atoms with E-state index >= 15 is 0 Å². The first-order valence-corrected chi connectivity index (χ1v) is 11.0. The maximum atomic E-state index is 13.0. The lowest BCUT2D eigenvalue weighted by molar-refractivity contribution is -0.274. The van der Waals surface area contributed by atoms with Crippen LogP contribution in [0, 0.1) is 12.8 Å². The maximum Gasteiger partial charge on any atom is 0.573 e. The van der Waals surface area contributed by atoms with Gasteiger partial charge < -0.3 is 14.8 Å². The van der Waals surface area contributed by atoms with Gasteiger partial charge in [-0.05, 0) is 44.7 Å². The van der Waals surface area contributed by atoms with Gasteiger partial charge in [-0.2, -0.15) is 31.4 Å². The second-order valence-electron chi connectivity index (χ2n) is 8.56. The molecule has 0 aliphatic heterocycles. The van der Waals surface area contributed by atoms with Crippen molar-refractivity contribution < 1.29 is 58.6 Å². The monoisotopic (exact) mass is 561 g/mol. The molecule has 16 heteroatoms. The number of alkyl halides is 9. The molecule has 1 fully saturated rings. The molecule has 210 valence electrons. The molecule has 1 heterocycles. The Morgan fingerprint density at radius 3 is 2.16 bits per heavy atom. The van der Waals surface area contributed by atoms with Crippen LogP contribution in [0.1, 0.15) is 52.2 Å². The Balaban J connectivity index is 1.84. The van der Waals surface area contributed by atoms with Crippen LogP contribution < -0.4 is 14.8 Å². The fourth-order valence-electron chi connectivity index (χ4n) is 4.00. The lowest BCUT2D eigenvalue weighted by atomic mass is 9.85. The number of hydrogen-bond donors (Lipinski definition) is 1. The Kier molecular flexibility index (Phi) is 8.21. The number of benzene rings is 1. The molecular weight excluding hydrogens is 541 g/mol. The number of hydrogen-bond acceptors (Lipinski definition) is 5. The summed E-state index contributed by atoms with van der Waals surface area (Å²) in [6.45, 7) is -0.610. The summed E-state index contributed by atoms with van der Waals surface area (Å²) in [5.74, 6) is -5.31. The van der Waals surface area contributed by atoms with Gasteiger partial charge in [0.15, 0.2) is 5.69 Å². The number of halogens is 9. The lowest BCUT2D eigenvalue weighted by Gasteiger charge is -2.30. The largest absolute Gasteiger partial charge is 0.573 e. The maximum absolute atomic E-state index is 13.0. The summed E-state index contributed by atoms with van der Waals surface area (Å²) in [7, 11) is 0. The highest BCUT2D eigenvalue weighted by Gasteiger charge is 2.42. The average Bonchev–Trinajstić information content (AvgIpc) is 3.07. The zero-order chi connectivity index (χ0) is 28.5. The zero-order valence-electron chi connectivity index (χ0n) is 19.4. The smallest absolute Gasteiger partial charge is 0.422 e. The van der Waals surface area contributed by atoms with Gasteiger partial charge in [0.1, 0.15) is 18.0 Å². The Morgan fingerprint density at radius 1 is 1.00 bits per heavy atom. The number of aromatic nitrogens is 2. The van der Waals surface area contributed by atoms with E-state index in [2.05, 4.69) is 15.2 Å². The van der Waals surface area contributed by atoms with Crippen molar-refractivity contribution in [3.63, 3.8) is 0 Å². The number of esters is 1. The number of rotatable bonds is 6. The summed E-state index contributed by atoms with van der Waals surface area (Å²) in [4.78, 5) is 25.7. The van der Waals surface area contributed by atoms with E-state index in [1.807, 2.05) is 0 Å². The number of nitrogens with zero attached hydrogens (tertiary/aromatic N) is 2. The molecule has 2 aromatic rings. The molecule has 1 aromatic carbocycles. The van der Waals surface area contributed by atoms with E-state index in [1.54, 1.807) is 0 Å². The first kappa shape index (κ1) is 29.1. The highest BCUT2D eigenvalue weighted by atomic mass is 19.4. The molecule has 0 unspecified atom stereocenters. The Hall–Kier alpha value is -3.46. The first-order chi connectivity index (χ1) is 17.4. The zero-order valence-corrected chi connectivity index (χ0v) is 19.4. The Morgan fingerprint density at radius 2 is 1.61 bits per heavy atom. The quantitative estimate of drug-likeness (QED) is 0.277. The summed E-state index contributed by atoms with van der Waals surface area (Å²) in [6.07, 6.45) is -14.9. The van der Waals surface area contributed by atoms with E-state index in [0.29, 0.717) is 10.7 Å². The van der Waals surface area contributed by atoms with Crippen molar-refractivity contribution in [3.05, 3.63) is 41.2 Å². The summed E-state index contributed by atoms with van der Waals surface area (Å²) in [6, 6.07) is 2.94. The minimum absolute atomic E-state index is 0.0581. The predicted molar refractivity (Wildman–Crippen MR) is 110 cm³/mol. The van der Waals surface area contributed by atoms with E-state index in [-0.39, 0.29) is 31.4 Å². The van der Waals surface area contributed by atoms with Gasteiger partial charge in [0.2, 0.25) is 0 Å². The molecule has 0 atom stereocenters. The van der Waals surface area contributed by atoms with Gasteiger partial charge in [-0.3, -0.25) is 9.48 Å². The van der Waals surface area contributed by atoms with Crippen LogP contribution in [0.3, 0.4) is 0 Å². The summed E-state index contributed by atoms with van der Waals surface area (Å²) >= 11 is 0. The fourth-order valence-corrected chi connectivity index (χ4v) is 4.00. The van der Waals surface area contributed by atoms with Crippen LogP contribution in [-0.4, -0.2) is 46.4 Å². The van der Waals surface area contributed by atoms with Crippen molar-refractivity contribution in [2.24, 2.45) is 5.92 Å². The SMILES string of the molecule is Cc1c(C(=O)NC2CCC(C(F)(F)F)CC2)c(C(=O)Oc2cccc(OC(F)(F)F)c2)nn1CC(F)(F)F. The molecule has 1 saturated carbocycles. The molecule has 3 rings (SSSR count). The number of amides is 1. The van der Waals surface area contributed by atoms with Crippen LogP contribution in [0.2, 0.25) is 0 Å². The van der Waals surface area contributed by atoms with Crippen molar-refractivity contribution in [2.75, 3.05) is 0 Å². The summed E-state index contributed by atoms with van der Waals surface area (Å²) < 4.78 is 124. The third-order valence-corrected chi connectivity index (χ3v) is 5.73. The second kappa shape index (κ2) is 10.7. The van der Waals surface area contributed by atoms with E-state index in [0.717, 1.165) is 25.1 Å². The molecule has 0 spiro atoms. The molecule has 7 nitrogen and oxygen atoms in total. The van der Waals surface area contributed by atoms with Crippen molar-refractivity contribution in [3.8, 4) is 11.5 Å². The third-order valence-electron chi connectivity index (χ3n) is 5.73. The molecule has 1 aromatic heterocycles. The molecular formula is C22H20F9N3O4. The van der Waals surface area contributed by atoms with Crippen molar-refractivity contribution >= 4 is 11.9 Å². The number of nitrogens with one attached hydrogen (secondary N) is 1. The van der Waals surface area contributed by atoms with Gasteiger partial charge in [0, 0.05) is 17.8 Å². The molecule has 1 amide bonds. The van der Waals surface area contributed by atoms with Gasteiger partial charge in [-0.25, -0.2) is 4.79 Å². The first-order valence-electron chi connectivity index (χ1n) is 11.0. The van der Waals surface area contributed by atoms with E-state index in [1.165, 1.54) is 0 Å². The van der Waals surface area contributed by atoms with Crippen molar-refractivity contribution in [2.45, 2.75) is 63.9 Å². The summed E-state index contributed by atoms with van der Waals surface area (Å²) in [5.41, 5.74) is -1.86. The topological polar surface area (TPSA) is 82.5 Å². The van der Waals surface area contributed by atoms with Gasteiger partial charge in [0.25, 0.3) is 5.91 Å². The highest BCUT2D eigenvalue weighted by Crippen LogP contribution is 2.37. The summed E-state index contributed by atoms with van der Waals surface area (Å²) in [5, 5.41) is 5.96. The van der Waals surface area contributed by atoms with Gasteiger partial charge in [0.05, 0.1) is 11.5 Å². The minimum Gasteiger partial charge on any atom is -0.422 e. The molecule has 38 heavy (non-hydrogen) atoms. The van der Waals surface area contributed by atoms with Crippen LogP contribution >= 0.6 is 0 Å². The van der Waals surface area contributed by atoms with Gasteiger partial charge >= 0.3 is 24.7 Å². The molecule has 1 aliphatic rings. The van der Waals surface area contributed by atoms with Crippen molar-refractivity contribution in [1.29, 1.82) is 0 Å². The van der Waals surface area contributed by atoms with Crippen LogP contribution in [0.15, 0.2) is 24.3 Å². The van der Waals surface area contributed by atoms with Crippen LogP contribution in [-0.2, 0) is 6.54 Å². The number of carbonyl (C=O) groups is 2. The molecule has 0 saturated heterocycles. The minimum atomic E-state index is -5.05. The average molecular weight is 561 g/mol. The van der Waals surface area contributed by atoms with E-state index in [9.17, 15) is 49.1 Å². The Bertz CT molecular complexity index is 1160. The van der Waals surface area contributed by atoms with Gasteiger partial charge in [-0.1, -0.05) is 6.07 Å². The molecule has 0 bridgehead atoms. The predicted octanol–water partition coefficient (Wildman–Crippen LogP) is 5.72. The highest BCUT2D eigenvalue weighted by molar-refractivity contribution is 6.05. The van der Waals surface area contributed by atoms with Crippen LogP contribution in [0.25, 0.3) is 0 Å². The normalized spacial score (nSPS) is 18.7. The van der Waals surface area contributed by atoms with E-state index < -0.39 is 71.9 Å². The standard InChI is InChI=1S/C22H20F9N3O4/c1-11-16(18(35)32-13-7-5-12(6-8-13)21(26,27)28)17(33-34(11)10-20(23,24)25)19(36)37-14-3-2-4-15(9-14)38-22(29,30)31/h2-4,9,12-13H,5-8,10H2,1H3,(H,32,35). The number of ether oxygens (including phenoxy) is 2. The molecule has 0 radical (unpaired) electrons. The van der Waals surface area contributed by atoms with Crippen molar-refractivity contribution in [1.82, 2.24) is 15.1 Å². The van der Waals surface area contributed by atoms with E-state index in [4.69, 9.17) is 4.74 Å². The second-order valence-corrected chi connectivity index (χ2v) is 8.56. The van der Waals surface area contributed by atoms with Gasteiger partial charge in [-0.15, -0.1) is 13.2 Å². The van der Waals surface area contributed by atoms with Crippen LogP contribution in [0.4, 0.5) is 39.5 Å².